The molecule has 1 aromatic carbocycles. The molecule has 21 heavy (non-hydrogen) atoms. The molecule has 2 N–H and O–H groups in total. The average Bonchev–Trinajstić information content (AvgIpc) is 2.91. The second kappa shape index (κ2) is 7.77. The van der Waals surface area contributed by atoms with Crippen LogP contribution in [-0.2, 0) is 6.42 Å². The van der Waals surface area contributed by atoms with Crippen molar-refractivity contribution in [3.8, 4) is 22.8 Å². The first kappa shape index (κ1) is 16.3. The van der Waals surface area contributed by atoms with Crippen molar-refractivity contribution in [2.75, 3.05) is 19.8 Å². The summed E-state index contributed by atoms with van der Waals surface area (Å²) in [5, 5.41) is 3.09. The summed E-state index contributed by atoms with van der Waals surface area (Å²) in [6.07, 6.45) is 0.803. The van der Waals surface area contributed by atoms with E-state index in [1.54, 1.807) is 11.3 Å². The second-order valence-electron chi connectivity index (χ2n) is 4.31. The number of nitrogens with two attached hydrogens (primary N) is 1. The maximum Gasteiger partial charge on any atom is 0.162 e. The fraction of sp³-hybridized carbons (Fsp3) is 0.400. The molecule has 4 nitrogen and oxygen atoms in total. The molecule has 114 valence electrons. The number of aromatic nitrogens is 1. The van der Waals surface area contributed by atoms with Gasteiger partial charge in [0, 0.05) is 21.8 Å². The lowest BCUT2D eigenvalue weighted by Crippen LogP contribution is -2.02. The Balaban J connectivity index is 2.39. The highest BCUT2D eigenvalue weighted by Crippen LogP contribution is 2.39. The Morgan fingerprint density at radius 1 is 1.19 bits per heavy atom. The molecule has 1 heterocycles. The molecule has 0 aliphatic heterocycles. The molecule has 0 aliphatic carbocycles. The van der Waals surface area contributed by atoms with Crippen molar-refractivity contribution in [1.29, 1.82) is 0 Å². The number of hydrogen-bond donors (Lipinski definition) is 1. The van der Waals surface area contributed by atoms with E-state index < -0.39 is 0 Å². The molecule has 1 aromatic heterocycles. The van der Waals surface area contributed by atoms with E-state index in [2.05, 4.69) is 20.9 Å². The minimum atomic E-state index is 0.594. The second-order valence-corrected chi connectivity index (χ2v) is 6.11. The van der Waals surface area contributed by atoms with Gasteiger partial charge in [-0.3, -0.25) is 0 Å². The number of nitrogens with zero attached hydrogens (tertiary/aromatic N) is 1. The molecule has 2 rings (SSSR count). The Labute approximate surface area is 137 Å². The van der Waals surface area contributed by atoms with E-state index in [4.69, 9.17) is 15.2 Å². The summed E-state index contributed by atoms with van der Waals surface area (Å²) in [6.45, 7) is 5.72. The highest BCUT2D eigenvalue weighted by Gasteiger charge is 2.14. The predicted molar refractivity (Wildman–Crippen MR) is 90.3 cm³/mol. The van der Waals surface area contributed by atoms with E-state index in [1.165, 1.54) is 0 Å². The van der Waals surface area contributed by atoms with Gasteiger partial charge in [-0.05, 0) is 48.5 Å². The molecule has 0 bridgehead atoms. The molecule has 0 fully saturated rings. The first-order chi connectivity index (χ1) is 10.2. The number of hydrogen-bond acceptors (Lipinski definition) is 5. The van der Waals surface area contributed by atoms with Crippen LogP contribution in [0.1, 0.15) is 18.9 Å². The smallest absolute Gasteiger partial charge is 0.162 e. The van der Waals surface area contributed by atoms with Gasteiger partial charge in [0.25, 0.3) is 0 Å². The highest BCUT2D eigenvalue weighted by atomic mass is 79.9. The summed E-state index contributed by atoms with van der Waals surface area (Å²) in [4.78, 5) is 4.62. The SMILES string of the molecule is CCOc1cc(Br)c(-c2csc(CCN)n2)cc1OCC. The third-order valence-corrected chi connectivity index (χ3v) is 4.38. The van der Waals surface area contributed by atoms with Crippen molar-refractivity contribution in [3.63, 3.8) is 0 Å². The van der Waals surface area contributed by atoms with E-state index in [1.807, 2.05) is 31.4 Å². The monoisotopic (exact) mass is 370 g/mol. The molecule has 0 spiro atoms. The van der Waals surface area contributed by atoms with Gasteiger partial charge in [0.05, 0.1) is 23.9 Å². The standard InChI is InChI=1S/C15H19BrN2O2S/c1-3-19-13-7-10(11(16)8-14(13)20-4-2)12-9-21-15(18-12)5-6-17/h7-9H,3-6,17H2,1-2H3. The summed E-state index contributed by atoms with van der Waals surface area (Å²) in [5.74, 6) is 1.48. The summed E-state index contributed by atoms with van der Waals surface area (Å²) in [6, 6.07) is 3.91. The van der Waals surface area contributed by atoms with Gasteiger partial charge < -0.3 is 15.2 Å². The molecule has 0 saturated heterocycles. The minimum absolute atomic E-state index is 0.594. The quantitative estimate of drug-likeness (QED) is 0.803. The highest BCUT2D eigenvalue weighted by molar-refractivity contribution is 9.10. The molecule has 0 atom stereocenters. The van der Waals surface area contributed by atoms with Crippen LogP contribution in [0.3, 0.4) is 0 Å². The third kappa shape index (κ3) is 3.96. The lowest BCUT2D eigenvalue weighted by Gasteiger charge is -2.13. The minimum Gasteiger partial charge on any atom is -0.490 e. The fourth-order valence-corrected chi connectivity index (χ4v) is 3.28. The molecular formula is C15H19BrN2O2S. The van der Waals surface area contributed by atoms with E-state index in [-0.39, 0.29) is 0 Å². The van der Waals surface area contributed by atoms with Crippen LogP contribution in [0.25, 0.3) is 11.3 Å². The summed E-state index contributed by atoms with van der Waals surface area (Å²) < 4.78 is 12.2. The zero-order valence-corrected chi connectivity index (χ0v) is 14.6. The van der Waals surface area contributed by atoms with Gasteiger partial charge in [0.2, 0.25) is 0 Å². The molecule has 6 heteroatoms. The van der Waals surface area contributed by atoms with Gasteiger partial charge in [0.1, 0.15) is 0 Å². The number of benzene rings is 1. The molecule has 0 saturated carbocycles. The Hall–Kier alpha value is -1.11. The van der Waals surface area contributed by atoms with Gasteiger partial charge >= 0.3 is 0 Å². The largest absolute Gasteiger partial charge is 0.490 e. The molecule has 2 aromatic rings. The van der Waals surface area contributed by atoms with Crippen LogP contribution in [0.4, 0.5) is 0 Å². The maximum atomic E-state index is 5.67. The van der Waals surface area contributed by atoms with Crippen LogP contribution < -0.4 is 15.2 Å². The first-order valence-corrected chi connectivity index (χ1v) is 8.60. The summed E-state index contributed by atoms with van der Waals surface area (Å²) in [7, 11) is 0. The van der Waals surface area contributed by atoms with Crippen molar-refractivity contribution in [3.05, 3.63) is 27.0 Å². The molecule has 0 aliphatic rings. The first-order valence-electron chi connectivity index (χ1n) is 6.93. The van der Waals surface area contributed by atoms with E-state index in [9.17, 15) is 0 Å². The average molecular weight is 371 g/mol. The summed E-state index contributed by atoms with van der Waals surface area (Å²) in [5.41, 5.74) is 7.51. The van der Waals surface area contributed by atoms with Crippen LogP contribution in [0.2, 0.25) is 0 Å². The molecule has 0 radical (unpaired) electrons. The lowest BCUT2D eigenvalue weighted by atomic mass is 10.1. The Bertz CT molecular complexity index is 601. The maximum absolute atomic E-state index is 5.67. The van der Waals surface area contributed by atoms with Crippen LogP contribution in [0.15, 0.2) is 22.0 Å². The molecule has 0 unspecified atom stereocenters. The zero-order chi connectivity index (χ0) is 15.2. The lowest BCUT2D eigenvalue weighted by molar-refractivity contribution is 0.287. The number of rotatable bonds is 7. The van der Waals surface area contributed by atoms with Crippen molar-refractivity contribution in [2.45, 2.75) is 20.3 Å². The van der Waals surface area contributed by atoms with Gasteiger partial charge in [-0.15, -0.1) is 11.3 Å². The predicted octanol–water partition coefficient (Wildman–Crippen LogP) is 3.87. The zero-order valence-electron chi connectivity index (χ0n) is 12.2. The number of ether oxygens (including phenoxy) is 2. The normalized spacial score (nSPS) is 10.7. The Kier molecular flexibility index (Phi) is 6.02. The fourth-order valence-electron chi connectivity index (χ4n) is 1.94. The van der Waals surface area contributed by atoms with E-state index in [0.717, 1.165) is 38.7 Å². The van der Waals surface area contributed by atoms with E-state index in [0.29, 0.717) is 19.8 Å². The number of thiazole rings is 1. The molecular weight excluding hydrogens is 352 g/mol. The van der Waals surface area contributed by atoms with Crippen LogP contribution in [-0.4, -0.2) is 24.7 Å². The van der Waals surface area contributed by atoms with Crippen molar-refractivity contribution < 1.29 is 9.47 Å². The third-order valence-electron chi connectivity index (χ3n) is 2.82. The van der Waals surface area contributed by atoms with Crippen LogP contribution in [0, 0.1) is 0 Å². The van der Waals surface area contributed by atoms with E-state index >= 15 is 0 Å². The van der Waals surface area contributed by atoms with Gasteiger partial charge in [-0.25, -0.2) is 4.98 Å². The topological polar surface area (TPSA) is 57.4 Å². The summed E-state index contributed by atoms with van der Waals surface area (Å²) >= 11 is 5.22. The van der Waals surface area contributed by atoms with Gasteiger partial charge in [0.15, 0.2) is 11.5 Å². The van der Waals surface area contributed by atoms with Gasteiger partial charge in [-0.2, -0.15) is 0 Å². The van der Waals surface area contributed by atoms with Crippen molar-refractivity contribution in [2.24, 2.45) is 5.73 Å². The molecule has 0 amide bonds. The van der Waals surface area contributed by atoms with Gasteiger partial charge in [-0.1, -0.05) is 0 Å². The van der Waals surface area contributed by atoms with Crippen LogP contribution >= 0.6 is 27.3 Å². The van der Waals surface area contributed by atoms with Crippen molar-refractivity contribution in [1.82, 2.24) is 4.98 Å². The number of halogens is 1. The Morgan fingerprint density at radius 3 is 2.48 bits per heavy atom. The Morgan fingerprint density at radius 2 is 1.86 bits per heavy atom. The van der Waals surface area contributed by atoms with Crippen LogP contribution in [0.5, 0.6) is 11.5 Å². The van der Waals surface area contributed by atoms with Crippen molar-refractivity contribution >= 4 is 27.3 Å².